The van der Waals surface area contributed by atoms with E-state index in [2.05, 4.69) is 14.7 Å². The van der Waals surface area contributed by atoms with Gasteiger partial charge in [0.1, 0.15) is 0 Å². The molecule has 0 bridgehead atoms. The van der Waals surface area contributed by atoms with Crippen LogP contribution in [0, 0.1) is 0 Å². The third kappa shape index (κ3) is 1.30. The first-order valence-corrected chi connectivity index (χ1v) is 4.91. The minimum Gasteiger partial charge on any atom is -0.453 e. The fraction of sp³-hybridized carbons (Fsp3) is 0.500. The molecule has 0 saturated heterocycles. The number of hydrogen-bond acceptors (Lipinski definition) is 4. The van der Waals surface area contributed by atoms with E-state index in [1.54, 1.807) is 0 Å². The van der Waals surface area contributed by atoms with E-state index in [0.717, 1.165) is 0 Å². The smallest absolute Gasteiger partial charge is 0.410 e. The predicted octanol–water partition coefficient (Wildman–Crippen LogP) is 0.587. The number of nitrogens with one attached hydrogen (secondary N) is 1. The van der Waals surface area contributed by atoms with Crippen molar-refractivity contribution < 1.29 is 9.53 Å². The second kappa shape index (κ2) is 3.33. The maximum absolute atomic E-state index is 11.6. The van der Waals surface area contributed by atoms with Crippen molar-refractivity contribution in [3.8, 4) is 0 Å². The van der Waals surface area contributed by atoms with E-state index in [-0.39, 0.29) is 12.1 Å². The molecule has 2 heterocycles. The van der Waals surface area contributed by atoms with Crippen LogP contribution in [0.3, 0.4) is 0 Å². The van der Waals surface area contributed by atoms with Crippen molar-refractivity contribution in [2.24, 2.45) is 0 Å². The zero-order chi connectivity index (χ0) is 11.9. The number of rotatable bonds is 0. The summed E-state index contributed by atoms with van der Waals surface area (Å²) < 4.78 is 4.69. The average molecular weight is 223 g/mol. The number of carbonyl (C=O) groups is 1. The highest BCUT2D eigenvalue weighted by Gasteiger charge is 2.43. The second-order valence-electron chi connectivity index (χ2n) is 4.17. The van der Waals surface area contributed by atoms with Crippen molar-refractivity contribution in [3.63, 3.8) is 0 Å². The van der Waals surface area contributed by atoms with Crippen LogP contribution >= 0.6 is 0 Å². The molecule has 0 aromatic carbocycles. The third-order valence-electron chi connectivity index (χ3n) is 2.91. The molecule has 0 fully saturated rings. The van der Waals surface area contributed by atoms with E-state index in [4.69, 9.17) is 0 Å². The Morgan fingerprint density at radius 3 is 2.88 bits per heavy atom. The Morgan fingerprint density at radius 2 is 2.31 bits per heavy atom. The van der Waals surface area contributed by atoms with Gasteiger partial charge in [0.25, 0.3) is 5.56 Å². The number of fused-ring (bicyclic) bond motifs is 1. The number of H-pyrrole nitrogens is 1. The van der Waals surface area contributed by atoms with Crippen LogP contribution in [0.25, 0.3) is 0 Å². The van der Waals surface area contributed by atoms with Crippen molar-refractivity contribution in [2.45, 2.75) is 25.9 Å². The molecule has 0 saturated carbocycles. The maximum atomic E-state index is 11.6. The lowest BCUT2D eigenvalue weighted by Gasteiger charge is -2.29. The van der Waals surface area contributed by atoms with E-state index in [1.165, 1.54) is 18.3 Å². The number of methoxy groups -OCH3 is 1. The highest BCUT2D eigenvalue weighted by molar-refractivity contribution is 5.70. The molecule has 1 aromatic rings. The van der Waals surface area contributed by atoms with Gasteiger partial charge in [-0.2, -0.15) is 0 Å². The predicted molar refractivity (Wildman–Crippen MR) is 55.8 cm³/mol. The number of carbonyl (C=O) groups excluding carboxylic acids is 1. The fourth-order valence-electron chi connectivity index (χ4n) is 1.99. The van der Waals surface area contributed by atoms with Gasteiger partial charge in [-0.05, 0) is 13.8 Å². The Balaban J connectivity index is 2.53. The lowest BCUT2D eigenvalue weighted by atomic mass is 10.0. The molecule has 6 nitrogen and oxygen atoms in total. The summed E-state index contributed by atoms with van der Waals surface area (Å²) in [6, 6.07) is 0. The summed E-state index contributed by atoms with van der Waals surface area (Å²) in [7, 11) is 1.32. The first-order chi connectivity index (χ1) is 7.48. The van der Waals surface area contributed by atoms with Gasteiger partial charge >= 0.3 is 6.09 Å². The fourth-order valence-corrected chi connectivity index (χ4v) is 1.99. The van der Waals surface area contributed by atoms with Crippen LogP contribution < -0.4 is 5.56 Å². The van der Waals surface area contributed by atoms with Crippen molar-refractivity contribution in [1.82, 2.24) is 14.9 Å². The number of aromatic amines is 1. The standard InChI is InChI=1S/C10H13N3O3/c1-10(2)7-6(8(14)12-5-11-7)4-13(10)9(15)16-3/h5H,4H2,1-3H3,(H,11,12,14). The lowest BCUT2D eigenvalue weighted by molar-refractivity contribution is 0.0817. The Labute approximate surface area is 92.3 Å². The van der Waals surface area contributed by atoms with Crippen molar-refractivity contribution in [1.29, 1.82) is 0 Å². The number of hydrogen-bond donors (Lipinski definition) is 1. The zero-order valence-electron chi connectivity index (χ0n) is 9.40. The topological polar surface area (TPSA) is 75.3 Å². The Bertz CT molecular complexity index is 492. The summed E-state index contributed by atoms with van der Waals surface area (Å²) in [5, 5.41) is 0. The lowest BCUT2D eigenvalue weighted by Crippen LogP contribution is -2.40. The van der Waals surface area contributed by atoms with Crippen LogP contribution in [-0.2, 0) is 16.8 Å². The Hall–Kier alpha value is -1.85. The van der Waals surface area contributed by atoms with Crippen LogP contribution in [-0.4, -0.2) is 28.1 Å². The van der Waals surface area contributed by atoms with Gasteiger partial charge in [0.15, 0.2) is 0 Å². The van der Waals surface area contributed by atoms with Crippen LogP contribution in [0.1, 0.15) is 25.1 Å². The van der Waals surface area contributed by atoms with Gasteiger partial charge in [0, 0.05) is 0 Å². The molecule has 0 radical (unpaired) electrons. The van der Waals surface area contributed by atoms with E-state index >= 15 is 0 Å². The van der Waals surface area contributed by atoms with Crippen molar-refractivity contribution >= 4 is 6.09 Å². The monoisotopic (exact) mass is 223 g/mol. The molecule has 1 aliphatic rings. The van der Waals surface area contributed by atoms with Crippen LogP contribution in [0.2, 0.25) is 0 Å². The zero-order valence-corrected chi connectivity index (χ0v) is 9.40. The molecule has 16 heavy (non-hydrogen) atoms. The Morgan fingerprint density at radius 1 is 1.62 bits per heavy atom. The molecule has 1 aliphatic heterocycles. The van der Waals surface area contributed by atoms with Gasteiger partial charge in [-0.15, -0.1) is 0 Å². The summed E-state index contributed by atoms with van der Waals surface area (Å²) in [6.07, 6.45) is 0.895. The van der Waals surface area contributed by atoms with E-state index < -0.39 is 11.6 Å². The SMILES string of the molecule is COC(=O)N1Cc2c(nc[nH]c2=O)C1(C)C. The second-order valence-corrected chi connectivity index (χ2v) is 4.17. The molecule has 0 spiro atoms. The van der Waals surface area contributed by atoms with Crippen molar-refractivity contribution in [3.05, 3.63) is 27.9 Å². The molecule has 6 heteroatoms. The summed E-state index contributed by atoms with van der Waals surface area (Å²) in [5.74, 6) is 0. The quantitative estimate of drug-likeness (QED) is 0.698. The molecule has 1 N–H and O–H groups in total. The number of ether oxygens (including phenoxy) is 1. The molecular formula is C10H13N3O3. The van der Waals surface area contributed by atoms with Crippen LogP contribution in [0.5, 0.6) is 0 Å². The number of nitrogens with zero attached hydrogens (tertiary/aromatic N) is 2. The highest BCUT2D eigenvalue weighted by atomic mass is 16.5. The van der Waals surface area contributed by atoms with Gasteiger partial charge in [0.05, 0.1) is 36.8 Å². The van der Waals surface area contributed by atoms with Gasteiger partial charge < -0.3 is 9.72 Å². The maximum Gasteiger partial charge on any atom is 0.410 e. The summed E-state index contributed by atoms with van der Waals surface area (Å²) in [5.41, 5.74) is 0.334. The van der Waals surface area contributed by atoms with Crippen molar-refractivity contribution in [2.75, 3.05) is 7.11 Å². The molecule has 2 rings (SSSR count). The van der Waals surface area contributed by atoms with Gasteiger partial charge in [-0.3, -0.25) is 9.69 Å². The van der Waals surface area contributed by atoms with Gasteiger partial charge in [0.2, 0.25) is 0 Å². The number of amides is 1. The summed E-state index contributed by atoms with van der Waals surface area (Å²) in [6.45, 7) is 3.91. The van der Waals surface area contributed by atoms with E-state index in [1.807, 2.05) is 13.8 Å². The average Bonchev–Trinajstić information content (AvgIpc) is 2.52. The first-order valence-electron chi connectivity index (χ1n) is 4.91. The molecule has 0 unspecified atom stereocenters. The van der Waals surface area contributed by atoms with Gasteiger partial charge in [-0.25, -0.2) is 9.78 Å². The third-order valence-corrected chi connectivity index (χ3v) is 2.91. The molecule has 0 aliphatic carbocycles. The van der Waals surface area contributed by atoms with Crippen LogP contribution in [0.4, 0.5) is 4.79 Å². The summed E-state index contributed by atoms with van der Waals surface area (Å²) in [4.78, 5) is 31.3. The van der Waals surface area contributed by atoms with Gasteiger partial charge in [-0.1, -0.05) is 0 Å². The van der Waals surface area contributed by atoms with E-state index in [9.17, 15) is 9.59 Å². The molecule has 1 amide bonds. The Kier molecular flexibility index (Phi) is 2.22. The number of aromatic nitrogens is 2. The highest BCUT2D eigenvalue weighted by Crippen LogP contribution is 2.35. The van der Waals surface area contributed by atoms with E-state index in [0.29, 0.717) is 11.3 Å². The molecule has 86 valence electrons. The molecule has 0 atom stereocenters. The minimum absolute atomic E-state index is 0.204. The molecular weight excluding hydrogens is 210 g/mol. The first kappa shape index (κ1) is 10.7. The molecule has 1 aromatic heterocycles. The largest absolute Gasteiger partial charge is 0.453 e. The minimum atomic E-state index is -0.614. The normalized spacial score (nSPS) is 17.1. The van der Waals surface area contributed by atoms with Crippen LogP contribution in [0.15, 0.2) is 11.1 Å². The summed E-state index contributed by atoms with van der Waals surface area (Å²) >= 11 is 0.